The van der Waals surface area contributed by atoms with Gasteiger partial charge in [0.05, 0.1) is 6.20 Å². The molecule has 3 rings (SSSR count). The summed E-state index contributed by atoms with van der Waals surface area (Å²) in [6, 6.07) is 10.8. The van der Waals surface area contributed by atoms with Gasteiger partial charge in [-0.05, 0) is 30.9 Å². The summed E-state index contributed by atoms with van der Waals surface area (Å²) >= 11 is 0. The smallest absolute Gasteiger partial charge is 0.289 e. The molecular formula is C18H21N3O4. The van der Waals surface area contributed by atoms with Crippen molar-refractivity contribution in [2.24, 2.45) is 5.92 Å². The molecule has 1 fully saturated rings. The Kier molecular flexibility index (Phi) is 5.66. The number of benzene rings is 1. The molecule has 0 saturated carbocycles. The molecular weight excluding hydrogens is 322 g/mol. The van der Waals surface area contributed by atoms with E-state index in [0.29, 0.717) is 31.3 Å². The largest absolute Gasteiger partial charge is 0.484 e. The van der Waals surface area contributed by atoms with Gasteiger partial charge in [0.15, 0.2) is 6.61 Å². The molecule has 7 nitrogen and oxygen atoms in total. The van der Waals surface area contributed by atoms with Crippen LogP contribution in [0.1, 0.15) is 23.4 Å². The van der Waals surface area contributed by atoms with Crippen LogP contribution in [0, 0.1) is 5.92 Å². The van der Waals surface area contributed by atoms with Crippen molar-refractivity contribution < 1.29 is 18.8 Å². The van der Waals surface area contributed by atoms with Crippen molar-refractivity contribution in [3.63, 3.8) is 0 Å². The number of nitrogens with one attached hydrogen (secondary N) is 1. The zero-order valence-electron chi connectivity index (χ0n) is 13.9. The Morgan fingerprint density at radius 2 is 1.96 bits per heavy atom. The molecule has 1 aliphatic heterocycles. The van der Waals surface area contributed by atoms with Crippen molar-refractivity contribution in [2.75, 3.05) is 26.2 Å². The number of nitrogens with zero attached hydrogens (tertiary/aromatic N) is 2. The van der Waals surface area contributed by atoms with Crippen LogP contribution < -0.4 is 10.1 Å². The lowest BCUT2D eigenvalue weighted by Gasteiger charge is -2.32. The third kappa shape index (κ3) is 4.82. The van der Waals surface area contributed by atoms with E-state index < -0.39 is 0 Å². The maximum atomic E-state index is 12.2. The minimum atomic E-state index is -0.257. The van der Waals surface area contributed by atoms with Gasteiger partial charge in [-0.3, -0.25) is 9.59 Å². The lowest BCUT2D eigenvalue weighted by Crippen LogP contribution is -2.43. The molecule has 2 aromatic rings. The molecule has 1 aromatic heterocycles. The first-order valence-electron chi connectivity index (χ1n) is 8.37. The fourth-order valence-electron chi connectivity index (χ4n) is 2.80. The quantitative estimate of drug-likeness (QED) is 0.863. The maximum Gasteiger partial charge on any atom is 0.289 e. The van der Waals surface area contributed by atoms with Crippen LogP contribution in [-0.2, 0) is 4.79 Å². The van der Waals surface area contributed by atoms with Crippen molar-refractivity contribution in [1.29, 1.82) is 0 Å². The van der Waals surface area contributed by atoms with Gasteiger partial charge in [-0.25, -0.2) is 0 Å². The monoisotopic (exact) mass is 343 g/mol. The minimum Gasteiger partial charge on any atom is -0.484 e. The highest BCUT2D eigenvalue weighted by atomic mass is 16.5. The number of carbonyl (C=O) groups is 2. The van der Waals surface area contributed by atoms with E-state index in [2.05, 4.69) is 10.5 Å². The number of hydrogen-bond acceptors (Lipinski definition) is 5. The third-order valence-corrected chi connectivity index (χ3v) is 4.29. The van der Waals surface area contributed by atoms with E-state index in [1.165, 1.54) is 12.3 Å². The van der Waals surface area contributed by atoms with Crippen LogP contribution in [0.3, 0.4) is 0 Å². The normalized spacial score (nSPS) is 15.0. The number of ether oxygens (including phenoxy) is 1. The van der Waals surface area contributed by atoms with E-state index in [4.69, 9.17) is 9.26 Å². The van der Waals surface area contributed by atoms with Crippen LogP contribution in [0.15, 0.2) is 47.1 Å². The summed E-state index contributed by atoms with van der Waals surface area (Å²) in [5, 5.41) is 6.36. The first-order chi connectivity index (χ1) is 12.2. The number of piperidine rings is 1. The predicted molar refractivity (Wildman–Crippen MR) is 90.1 cm³/mol. The number of carbonyl (C=O) groups excluding carboxylic acids is 2. The Bertz CT molecular complexity index is 680. The molecule has 1 saturated heterocycles. The van der Waals surface area contributed by atoms with E-state index in [1.54, 1.807) is 0 Å². The van der Waals surface area contributed by atoms with E-state index in [-0.39, 0.29) is 24.2 Å². The first-order valence-corrected chi connectivity index (χ1v) is 8.37. The van der Waals surface area contributed by atoms with Gasteiger partial charge in [0.25, 0.3) is 11.8 Å². The Labute approximate surface area is 145 Å². The number of para-hydroxylation sites is 1. The van der Waals surface area contributed by atoms with Gasteiger partial charge in [-0.2, -0.15) is 0 Å². The highest BCUT2D eigenvalue weighted by Gasteiger charge is 2.23. The molecule has 1 aliphatic rings. The summed E-state index contributed by atoms with van der Waals surface area (Å²) in [6.45, 7) is 1.98. The van der Waals surface area contributed by atoms with Gasteiger partial charge >= 0.3 is 0 Å². The van der Waals surface area contributed by atoms with Crippen LogP contribution in [0.2, 0.25) is 0 Å². The summed E-state index contributed by atoms with van der Waals surface area (Å²) < 4.78 is 10.3. The van der Waals surface area contributed by atoms with Gasteiger partial charge in [-0.1, -0.05) is 23.4 Å². The molecule has 0 atom stereocenters. The summed E-state index contributed by atoms with van der Waals surface area (Å²) in [4.78, 5) is 25.8. The van der Waals surface area contributed by atoms with E-state index in [9.17, 15) is 9.59 Å². The summed E-state index contributed by atoms with van der Waals surface area (Å²) in [7, 11) is 0. The van der Waals surface area contributed by atoms with Crippen LogP contribution in [0.25, 0.3) is 0 Å². The van der Waals surface area contributed by atoms with Crippen LogP contribution >= 0.6 is 0 Å². The van der Waals surface area contributed by atoms with Gasteiger partial charge < -0.3 is 19.5 Å². The van der Waals surface area contributed by atoms with Crippen LogP contribution in [-0.4, -0.2) is 48.1 Å². The second-order valence-corrected chi connectivity index (χ2v) is 6.01. The van der Waals surface area contributed by atoms with Gasteiger partial charge in [0.2, 0.25) is 5.76 Å². The topological polar surface area (TPSA) is 84.7 Å². The standard InChI is InChI=1S/C18H21N3O4/c22-17(13-24-15-4-2-1-3-5-15)21-10-7-14(8-11-21)12-19-18(23)16-6-9-20-25-16/h1-6,9,14H,7-8,10-13H2,(H,19,23). The van der Waals surface area contributed by atoms with Crippen molar-refractivity contribution in [3.8, 4) is 5.75 Å². The lowest BCUT2D eigenvalue weighted by molar-refractivity contribution is -0.134. The molecule has 2 amide bonds. The van der Waals surface area contributed by atoms with Crippen LogP contribution in [0.4, 0.5) is 0 Å². The van der Waals surface area contributed by atoms with Crippen molar-refractivity contribution in [1.82, 2.24) is 15.4 Å². The molecule has 1 N–H and O–H groups in total. The number of rotatable bonds is 6. The van der Waals surface area contributed by atoms with E-state index >= 15 is 0 Å². The van der Waals surface area contributed by atoms with Crippen LogP contribution in [0.5, 0.6) is 5.75 Å². The predicted octanol–water partition coefficient (Wildman–Crippen LogP) is 1.72. The zero-order valence-corrected chi connectivity index (χ0v) is 13.9. The molecule has 7 heteroatoms. The second-order valence-electron chi connectivity index (χ2n) is 6.01. The summed E-state index contributed by atoms with van der Waals surface area (Å²) in [6.07, 6.45) is 3.15. The average Bonchev–Trinajstić information content (AvgIpc) is 3.20. The SMILES string of the molecule is O=C(NCC1CCN(C(=O)COc2ccccc2)CC1)c1ccno1. The zero-order chi connectivity index (χ0) is 17.5. The Morgan fingerprint density at radius 1 is 1.20 bits per heavy atom. The second kappa shape index (κ2) is 8.32. The van der Waals surface area contributed by atoms with Gasteiger partial charge in [0, 0.05) is 25.7 Å². The van der Waals surface area contributed by atoms with Crippen molar-refractivity contribution >= 4 is 11.8 Å². The molecule has 0 spiro atoms. The highest BCUT2D eigenvalue weighted by molar-refractivity contribution is 5.91. The first kappa shape index (κ1) is 17.0. The molecule has 1 aromatic carbocycles. The summed E-state index contributed by atoms with van der Waals surface area (Å²) in [5.74, 6) is 0.998. The maximum absolute atomic E-state index is 12.2. The lowest BCUT2D eigenvalue weighted by atomic mass is 9.96. The fraction of sp³-hybridized carbons (Fsp3) is 0.389. The fourth-order valence-corrected chi connectivity index (χ4v) is 2.80. The Morgan fingerprint density at radius 3 is 2.64 bits per heavy atom. The van der Waals surface area contributed by atoms with E-state index in [1.807, 2.05) is 35.2 Å². The molecule has 0 radical (unpaired) electrons. The van der Waals surface area contributed by atoms with Gasteiger partial charge in [0.1, 0.15) is 5.75 Å². The Balaban J connectivity index is 1.36. The number of aromatic nitrogens is 1. The molecule has 2 heterocycles. The van der Waals surface area contributed by atoms with Gasteiger partial charge in [-0.15, -0.1) is 0 Å². The summed E-state index contributed by atoms with van der Waals surface area (Å²) in [5.41, 5.74) is 0. The Hall–Kier alpha value is -2.83. The van der Waals surface area contributed by atoms with Crippen molar-refractivity contribution in [3.05, 3.63) is 48.4 Å². The minimum absolute atomic E-state index is 0.00648. The number of amides is 2. The molecule has 132 valence electrons. The molecule has 0 aliphatic carbocycles. The number of hydrogen-bond donors (Lipinski definition) is 1. The molecule has 0 bridgehead atoms. The molecule has 0 unspecified atom stereocenters. The third-order valence-electron chi connectivity index (χ3n) is 4.29. The highest BCUT2D eigenvalue weighted by Crippen LogP contribution is 2.17. The van der Waals surface area contributed by atoms with Crippen molar-refractivity contribution in [2.45, 2.75) is 12.8 Å². The van der Waals surface area contributed by atoms with E-state index in [0.717, 1.165) is 12.8 Å². The number of likely N-dealkylation sites (tertiary alicyclic amines) is 1. The average molecular weight is 343 g/mol. The molecule has 25 heavy (non-hydrogen) atoms.